The fourth-order valence-corrected chi connectivity index (χ4v) is 2.21. The van der Waals surface area contributed by atoms with E-state index in [1.807, 2.05) is 18.2 Å². The monoisotopic (exact) mass is 327 g/mol. The average molecular weight is 327 g/mol. The molecule has 2 rings (SSSR count). The van der Waals surface area contributed by atoms with Gasteiger partial charge in [0.15, 0.2) is 0 Å². The molecular weight excluding hydrogens is 310 g/mol. The van der Waals surface area contributed by atoms with Gasteiger partial charge in [-0.3, -0.25) is 0 Å². The third-order valence-electron chi connectivity index (χ3n) is 3.29. The lowest BCUT2D eigenvalue weighted by molar-refractivity contribution is -0.253. The van der Waals surface area contributed by atoms with Crippen molar-refractivity contribution in [3.05, 3.63) is 59.7 Å². The third-order valence-corrected chi connectivity index (χ3v) is 3.29. The van der Waals surface area contributed by atoms with Crippen LogP contribution in [0.4, 0.5) is 23.2 Å². The maximum Gasteiger partial charge on any atom is 0.461 e. The van der Waals surface area contributed by atoms with E-state index in [2.05, 4.69) is 4.74 Å². The maximum absolute atomic E-state index is 12.9. The number of anilines is 1. The van der Waals surface area contributed by atoms with Gasteiger partial charge in [0.2, 0.25) is 0 Å². The first kappa shape index (κ1) is 17.1. The quantitative estimate of drug-likeness (QED) is 0.592. The van der Waals surface area contributed by atoms with Crippen LogP contribution in [0.15, 0.2) is 48.5 Å². The van der Waals surface area contributed by atoms with Gasteiger partial charge in [-0.25, -0.2) is 0 Å². The predicted octanol–water partition coefficient (Wildman–Crippen LogP) is 4.68. The molecule has 0 spiro atoms. The lowest BCUT2D eigenvalue weighted by atomic mass is 10.0. The summed E-state index contributed by atoms with van der Waals surface area (Å²) in [5, 5.41) is 0. The molecule has 0 saturated heterocycles. The molecule has 0 bridgehead atoms. The van der Waals surface area contributed by atoms with Gasteiger partial charge >= 0.3 is 12.5 Å². The summed E-state index contributed by atoms with van der Waals surface area (Å²) in [7, 11) is 0. The van der Waals surface area contributed by atoms with E-state index in [1.165, 1.54) is 18.2 Å². The number of hydrogen-bond acceptors (Lipinski definition) is 2. The normalized spacial score (nSPS) is 11.7. The van der Waals surface area contributed by atoms with Crippen LogP contribution in [-0.4, -0.2) is 12.5 Å². The zero-order valence-corrected chi connectivity index (χ0v) is 12.3. The molecular formula is C17H17F4NO. The van der Waals surface area contributed by atoms with E-state index >= 15 is 0 Å². The van der Waals surface area contributed by atoms with E-state index in [1.54, 1.807) is 12.1 Å². The highest BCUT2D eigenvalue weighted by Gasteiger charge is 2.43. The summed E-state index contributed by atoms with van der Waals surface area (Å²) in [6.45, 7) is 0. The van der Waals surface area contributed by atoms with E-state index in [-0.39, 0.29) is 5.75 Å². The molecule has 0 fully saturated rings. The number of rotatable bonds is 7. The largest absolute Gasteiger partial charge is 0.461 e. The summed E-state index contributed by atoms with van der Waals surface area (Å²) in [6, 6.07) is 13.3. The molecule has 23 heavy (non-hydrogen) atoms. The van der Waals surface area contributed by atoms with Gasteiger partial charge in [0, 0.05) is 5.69 Å². The molecule has 0 aliphatic carbocycles. The number of ether oxygens (including phenoxy) is 1. The molecule has 0 heterocycles. The van der Waals surface area contributed by atoms with Crippen LogP contribution in [0.1, 0.15) is 17.5 Å². The van der Waals surface area contributed by atoms with Gasteiger partial charge in [-0.05, 0) is 54.7 Å². The summed E-state index contributed by atoms with van der Waals surface area (Å²) >= 11 is 0. The van der Waals surface area contributed by atoms with Gasteiger partial charge in [-0.2, -0.15) is 17.6 Å². The molecule has 2 aromatic rings. The Morgan fingerprint density at radius 3 is 2.17 bits per heavy atom. The van der Waals surface area contributed by atoms with E-state index in [4.69, 9.17) is 5.73 Å². The molecule has 0 saturated carbocycles. The zero-order valence-electron chi connectivity index (χ0n) is 12.3. The highest BCUT2D eigenvalue weighted by atomic mass is 19.3. The van der Waals surface area contributed by atoms with Crippen molar-refractivity contribution in [1.82, 2.24) is 0 Å². The molecule has 0 atom stereocenters. The van der Waals surface area contributed by atoms with Crippen LogP contribution in [0.25, 0.3) is 0 Å². The van der Waals surface area contributed by atoms with Crippen molar-refractivity contribution in [2.45, 2.75) is 31.8 Å². The van der Waals surface area contributed by atoms with Crippen molar-refractivity contribution in [3.63, 3.8) is 0 Å². The summed E-state index contributed by atoms with van der Waals surface area (Å²) < 4.78 is 54.1. The van der Waals surface area contributed by atoms with Gasteiger partial charge in [0.05, 0.1) is 0 Å². The number of nitrogen functional groups attached to an aromatic ring is 1. The zero-order chi connectivity index (χ0) is 16.9. The number of hydrogen-bond donors (Lipinski definition) is 1. The Labute approximate surface area is 131 Å². The van der Waals surface area contributed by atoms with Crippen molar-refractivity contribution in [2.75, 3.05) is 5.73 Å². The Balaban J connectivity index is 1.92. The Morgan fingerprint density at radius 1 is 0.957 bits per heavy atom. The summed E-state index contributed by atoms with van der Waals surface area (Å²) in [4.78, 5) is 0. The van der Waals surface area contributed by atoms with Crippen LogP contribution in [0.3, 0.4) is 0 Å². The second-order valence-electron chi connectivity index (χ2n) is 5.21. The van der Waals surface area contributed by atoms with Crippen molar-refractivity contribution in [3.8, 4) is 5.75 Å². The molecule has 2 nitrogen and oxygen atoms in total. The highest BCUT2D eigenvalue weighted by Crippen LogP contribution is 2.28. The first-order valence-electron chi connectivity index (χ1n) is 7.15. The van der Waals surface area contributed by atoms with E-state index in [9.17, 15) is 17.6 Å². The number of nitrogens with two attached hydrogens (primary N) is 1. The fraction of sp³-hybridized carbons (Fsp3) is 0.294. The first-order valence-corrected chi connectivity index (χ1v) is 7.15. The molecule has 2 aromatic carbocycles. The number of aryl methyl sites for hydroxylation is 2. The summed E-state index contributed by atoms with van der Waals surface area (Å²) in [5.74, 6) is -0.267. The number of alkyl halides is 4. The van der Waals surface area contributed by atoms with Gasteiger partial charge < -0.3 is 10.5 Å². The van der Waals surface area contributed by atoms with Crippen molar-refractivity contribution >= 4 is 5.69 Å². The molecule has 0 amide bonds. The molecule has 2 N–H and O–H groups in total. The Kier molecular flexibility index (Phi) is 5.47. The maximum atomic E-state index is 12.9. The van der Waals surface area contributed by atoms with Crippen molar-refractivity contribution < 1.29 is 22.3 Å². The molecule has 0 aromatic heterocycles. The average Bonchev–Trinajstić information content (AvgIpc) is 2.47. The lowest BCUT2D eigenvalue weighted by Gasteiger charge is -2.17. The van der Waals surface area contributed by atoms with Gasteiger partial charge in [-0.1, -0.05) is 24.3 Å². The second kappa shape index (κ2) is 7.35. The molecule has 0 unspecified atom stereocenters. The minimum Gasteiger partial charge on any atom is -0.428 e. The molecule has 0 radical (unpaired) electrons. The van der Waals surface area contributed by atoms with Crippen LogP contribution in [0.2, 0.25) is 0 Å². The predicted molar refractivity (Wildman–Crippen MR) is 80.9 cm³/mol. The van der Waals surface area contributed by atoms with Gasteiger partial charge in [0.25, 0.3) is 0 Å². The molecule has 124 valence electrons. The minimum absolute atomic E-state index is 0.267. The summed E-state index contributed by atoms with van der Waals surface area (Å²) in [6.07, 6.45) is -6.18. The molecule has 0 aliphatic rings. The van der Waals surface area contributed by atoms with Crippen molar-refractivity contribution in [2.24, 2.45) is 0 Å². The van der Waals surface area contributed by atoms with Crippen LogP contribution >= 0.6 is 0 Å². The second-order valence-corrected chi connectivity index (χ2v) is 5.21. The minimum atomic E-state index is -4.49. The van der Waals surface area contributed by atoms with E-state index < -0.39 is 12.5 Å². The Morgan fingerprint density at radius 2 is 1.57 bits per heavy atom. The Hall–Kier alpha value is -2.24. The smallest absolute Gasteiger partial charge is 0.428 e. The van der Waals surface area contributed by atoms with E-state index in [0.29, 0.717) is 12.1 Å². The highest BCUT2D eigenvalue weighted by molar-refractivity contribution is 5.40. The number of benzene rings is 2. The van der Waals surface area contributed by atoms with Gasteiger partial charge in [0.1, 0.15) is 5.75 Å². The van der Waals surface area contributed by atoms with E-state index in [0.717, 1.165) is 24.0 Å². The lowest BCUT2D eigenvalue weighted by Crippen LogP contribution is -2.33. The van der Waals surface area contributed by atoms with Crippen LogP contribution in [0, 0.1) is 0 Å². The standard InChI is InChI=1S/C17H17F4NO/c18-16(19)17(20,21)23-15-9-3-7-13(11-15)5-1-4-12-6-2-8-14(22)10-12/h2-3,6-11,16H,1,4-5,22H2. The first-order chi connectivity index (χ1) is 10.9. The van der Waals surface area contributed by atoms with Crippen LogP contribution in [0.5, 0.6) is 5.75 Å². The third kappa shape index (κ3) is 5.16. The summed E-state index contributed by atoms with van der Waals surface area (Å²) in [5.41, 5.74) is 8.21. The van der Waals surface area contributed by atoms with Crippen LogP contribution < -0.4 is 10.5 Å². The van der Waals surface area contributed by atoms with Crippen LogP contribution in [-0.2, 0) is 12.8 Å². The molecule has 6 heteroatoms. The Bertz CT molecular complexity index is 646. The topological polar surface area (TPSA) is 35.2 Å². The van der Waals surface area contributed by atoms with Crippen molar-refractivity contribution in [1.29, 1.82) is 0 Å². The fourth-order valence-electron chi connectivity index (χ4n) is 2.21. The molecule has 0 aliphatic heterocycles. The SMILES string of the molecule is Nc1cccc(CCCc2cccc(OC(F)(F)C(F)F)c2)c1. The number of halogens is 4. The van der Waals surface area contributed by atoms with Gasteiger partial charge in [-0.15, -0.1) is 0 Å².